The Hall–Kier alpha value is -0.590. The van der Waals surface area contributed by atoms with Gasteiger partial charge in [-0.1, -0.05) is 0 Å². The molecule has 0 aliphatic rings. The molecular weight excluding hydrogens is 251 g/mol. The standard InChI is InChI=1S/C7H5BrF3NO/c8-6-5(10)1-4(9)3(2-12-13)7(6)11/h1,12-13H,2H2. The zero-order valence-electron chi connectivity index (χ0n) is 6.24. The molecule has 2 nitrogen and oxygen atoms in total. The molecule has 0 heterocycles. The van der Waals surface area contributed by atoms with Crippen LogP contribution in [0.15, 0.2) is 10.5 Å². The van der Waals surface area contributed by atoms with Crippen molar-refractivity contribution in [1.82, 2.24) is 5.48 Å². The Morgan fingerprint density at radius 1 is 1.31 bits per heavy atom. The maximum Gasteiger partial charge on any atom is 0.147 e. The van der Waals surface area contributed by atoms with Crippen molar-refractivity contribution in [2.24, 2.45) is 0 Å². The highest BCUT2D eigenvalue weighted by atomic mass is 79.9. The molecule has 0 amide bonds. The van der Waals surface area contributed by atoms with E-state index in [1.807, 2.05) is 0 Å². The molecule has 0 saturated heterocycles. The first-order valence-electron chi connectivity index (χ1n) is 3.26. The topological polar surface area (TPSA) is 32.3 Å². The number of nitrogens with one attached hydrogen (secondary N) is 1. The Bertz CT molecular complexity index is 332. The van der Waals surface area contributed by atoms with Crippen LogP contribution in [0.4, 0.5) is 13.2 Å². The van der Waals surface area contributed by atoms with E-state index >= 15 is 0 Å². The van der Waals surface area contributed by atoms with Gasteiger partial charge in [0.15, 0.2) is 0 Å². The second kappa shape index (κ2) is 4.08. The van der Waals surface area contributed by atoms with Crippen LogP contribution in [0.5, 0.6) is 0 Å². The van der Waals surface area contributed by atoms with Crippen molar-refractivity contribution >= 4 is 15.9 Å². The van der Waals surface area contributed by atoms with Crippen molar-refractivity contribution in [3.63, 3.8) is 0 Å². The maximum absolute atomic E-state index is 13.0. The SMILES string of the molecule is ONCc1c(F)cc(F)c(Br)c1F. The van der Waals surface area contributed by atoms with E-state index in [1.165, 1.54) is 0 Å². The first-order chi connectivity index (χ1) is 6.07. The monoisotopic (exact) mass is 255 g/mol. The van der Waals surface area contributed by atoms with Gasteiger partial charge in [-0.25, -0.2) is 18.7 Å². The summed E-state index contributed by atoms with van der Waals surface area (Å²) in [4.78, 5) is 0. The summed E-state index contributed by atoms with van der Waals surface area (Å²) in [5.41, 5.74) is 1.17. The molecule has 0 radical (unpaired) electrons. The Labute approximate surface area is 80.5 Å². The van der Waals surface area contributed by atoms with Crippen LogP contribution >= 0.6 is 15.9 Å². The largest absolute Gasteiger partial charge is 0.316 e. The summed E-state index contributed by atoms with van der Waals surface area (Å²) in [6, 6.07) is 0.542. The van der Waals surface area contributed by atoms with Crippen LogP contribution in [-0.4, -0.2) is 5.21 Å². The van der Waals surface area contributed by atoms with Gasteiger partial charge in [-0.15, -0.1) is 0 Å². The molecule has 0 aromatic heterocycles. The molecule has 0 atom stereocenters. The fraction of sp³-hybridized carbons (Fsp3) is 0.143. The highest BCUT2D eigenvalue weighted by molar-refractivity contribution is 9.10. The predicted octanol–water partition coefficient (Wildman–Crippen LogP) is 2.35. The zero-order chi connectivity index (χ0) is 10.0. The van der Waals surface area contributed by atoms with E-state index in [0.717, 1.165) is 0 Å². The van der Waals surface area contributed by atoms with Crippen LogP contribution in [0.2, 0.25) is 0 Å². The van der Waals surface area contributed by atoms with E-state index in [4.69, 9.17) is 5.21 Å². The maximum atomic E-state index is 13.0. The number of benzene rings is 1. The van der Waals surface area contributed by atoms with Crippen LogP contribution in [0.1, 0.15) is 5.56 Å². The van der Waals surface area contributed by atoms with Crippen molar-refractivity contribution in [2.75, 3.05) is 0 Å². The van der Waals surface area contributed by atoms with E-state index in [9.17, 15) is 13.2 Å². The molecule has 0 spiro atoms. The van der Waals surface area contributed by atoms with E-state index in [2.05, 4.69) is 15.9 Å². The lowest BCUT2D eigenvalue weighted by molar-refractivity contribution is 0.158. The lowest BCUT2D eigenvalue weighted by atomic mass is 10.2. The Kier molecular flexibility index (Phi) is 3.29. The fourth-order valence-corrected chi connectivity index (χ4v) is 1.20. The van der Waals surface area contributed by atoms with Gasteiger partial charge in [0.05, 0.1) is 11.0 Å². The average molecular weight is 256 g/mol. The highest BCUT2D eigenvalue weighted by Gasteiger charge is 2.16. The van der Waals surface area contributed by atoms with Gasteiger partial charge in [0.25, 0.3) is 0 Å². The van der Waals surface area contributed by atoms with Gasteiger partial charge in [0.2, 0.25) is 0 Å². The first-order valence-corrected chi connectivity index (χ1v) is 4.06. The quantitative estimate of drug-likeness (QED) is 0.483. The summed E-state index contributed by atoms with van der Waals surface area (Å²) in [7, 11) is 0. The number of hydrogen-bond donors (Lipinski definition) is 2. The molecule has 1 aromatic rings. The summed E-state index contributed by atoms with van der Waals surface area (Å²) < 4.78 is 38.1. The average Bonchev–Trinajstić information content (AvgIpc) is 2.09. The summed E-state index contributed by atoms with van der Waals surface area (Å²) in [5, 5.41) is 8.24. The minimum Gasteiger partial charge on any atom is -0.316 e. The van der Waals surface area contributed by atoms with Gasteiger partial charge in [0, 0.05) is 11.6 Å². The van der Waals surface area contributed by atoms with E-state index in [0.29, 0.717) is 6.07 Å². The molecule has 1 aromatic carbocycles. The lowest BCUT2D eigenvalue weighted by Gasteiger charge is -2.05. The first kappa shape index (κ1) is 10.5. The Balaban J connectivity index is 3.26. The molecule has 0 bridgehead atoms. The number of halogens is 4. The highest BCUT2D eigenvalue weighted by Crippen LogP contribution is 2.24. The summed E-state index contributed by atoms with van der Waals surface area (Å²) >= 11 is 2.61. The summed E-state index contributed by atoms with van der Waals surface area (Å²) in [5.74, 6) is -3.12. The van der Waals surface area contributed by atoms with Crippen molar-refractivity contribution in [3.05, 3.63) is 33.6 Å². The van der Waals surface area contributed by atoms with Gasteiger partial charge < -0.3 is 5.21 Å². The number of hydroxylamine groups is 1. The minimum atomic E-state index is -1.06. The molecule has 2 N–H and O–H groups in total. The van der Waals surface area contributed by atoms with Crippen molar-refractivity contribution in [1.29, 1.82) is 0 Å². The molecule has 6 heteroatoms. The molecule has 0 saturated carbocycles. The summed E-state index contributed by atoms with van der Waals surface area (Å²) in [6.07, 6.45) is 0. The van der Waals surface area contributed by atoms with Gasteiger partial charge in [-0.3, -0.25) is 0 Å². The molecule has 0 unspecified atom stereocenters. The van der Waals surface area contributed by atoms with Gasteiger partial charge in [0.1, 0.15) is 17.5 Å². The van der Waals surface area contributed by atoms with Crippen molar-refractivity contribution < 1.29 is 18.4 Å². The molecule has 0 aliphatic carbocycles. The van der Waals surface area contributed by atoms with Gasteiger partial charge in [-0.05, 0) is 15.9 Å². The van der Waals surface area contributed by atoms with Crippen LogP contribution in [0.3, 0.4) is 0 Å². The predicted molar refractivity (Wildman–Crippen MR) is 42.6 cm³/mol. The zero-order valence-corrected chi connectivity index (χ0v) is 7.83. The third kappa shape index (κ3) is 2.01. The van der Waals surface area contributed by atoms with E-state index < -0.39 is 34.0 Å². The normalized spacial score (nSPS) is 10.5. The molecular formula is C7H5BrF3NO. The smallest absolute Gasteiger partial charge is 0.147 e. The molecule has 0 aliphatic heterocycles. The molecule has 72 valence electrons. The second-order valence-corrected chi connectivity index (χ2v) is 3.07. The minimum absolute atomic E-state index is 0.420. The van der Waals surface area contributed by atoms with Gasteiger partial charge in [-0.2, -0.15) is 0 Å². The number of rotatable bonds is 2. The third-order valence-corrected chi connectivity index (χ3v) is 2.19. The van der Waals surface area contributed by atoms with Crippen molar-refractivity contribution in [2.45, 2.75) is 6.54 Å². The van der Waals surface area contributed by atoms with Gasteiger partial charge >= 0.3 is 0 Å². The van der Waals surface area contributed by atoms with Crippen molar-refractivity contribution in [3.8, 4) is 0 Å². The number of hydrogen-bond acceptors (Lipinski definition) is 2. The van der Waals surface area contributed by atoms with Crippen LogP contribution in [0, 0.1) is 17.5 Å². The van der Waals surface area contributed by atoms with E-state index in [-0.39, 0.29) is 0 Å². The van der Waals surface area contributed by atoms with E-state index in [1.54, 1.807) is 5.48 Å². The lowest BCUT2D eigenvalue weighted by Crippen LogP contribution is -2.11. The van der Waals surface area contributed by atoms with Crippen LogP contribution in [-0.2, 0) is 6.54 Å². The molecule has 1 rings (SSSR count). The Morgan fingerprint density at radius 3 is 2.46 bits per heavy atom. The summed E-state index contributed by atoms with van der Waals surface area (Å²) in [6.45, 7) is -0.420. The molecule has 0 fully saturated rings. The fourth-order valence-electron chi connectivity index (χ4n) is 0.845. The van der Waals surface area contributed by atoms with Crippen LogP contribution in [0.25, 0.3) is 0 Å². The Morgan fingerprint density at radius 2 is 1.92 bits per heavy atom. The second-order valence-electron chi connectivity index (χ2n) is 2.28. The van der Waals surface area contributed by atoms with Crippen LogP contribution < -0.4 is 5.48 Å². The molecule has 13 heavy (non-hydrogen) atoms. The third-order valence-electron chi connectivity index (χ3n) is 1.46.